The first-order chi connectivity index (χ1) is 8.14. The number of aryl methyl sites for hydroxylation is 2. The van der Waals surface area contributed by atoms with E-state index in [2.05, 4.69) is 0 Å². The molecular formula is C11H10F3NO3. The molecular weight excluding hydrogens is 251 g/mol. The van der Waals surface area contributed by atoms with Crippen molar-refractivity contribution in [2.75, 3.05) is 5.32 Å². The summed E-state index contributed by atoms with van der Waals surface area (Å²) in [6.45, 7) is 2.85. The van der Waals surface area contributed by atoms with E-state index in [0.717, 1.165) is 0 Å². The number of carboxylic acid groups (broad SMARTS) is 1. The predicted molar refractivity (Wildman–Crippen MR) is 57.6 cm³/mol. The van der Waals surface area contributed by atoms with E-state index in [1.165, 1.54) is 26.0 Å². The average Bonchev–Trinajstić information content (AvgIpc) is 2.21. The van der Waals surface area contributed by atoms with Gasteiger partial charge < -0.3 is 10.4 Å². The maximum absolute atomic E-state index is 12.1. The second-order valence-electron chi connectivity index (χ2n) is 3.71. The Morgan fingerprint density at radius 3 is 2.11 bits per heavy atom. The lowest BCUT2D eigenvalue weighted by molar-refractivity contribution is -0.167. The smallest absolute Gasteiger partial charge is 0.471 e. The van der Waals surface area contributed by atoms with Gasteiger partial charge in [0, 0.05) is 0 Å². The van der Waals surface area contributed by atoms with Crippen molar-refractivity contribution >= 4 is 17.6 Å². The molecule has 0 fully saturated rings. The van der Waals surface area contributed by atoms with E-state index in [0.29, 0.717) is 0 Å². The summed E-state index contributed by atoms with van der Waals surface area (Å²) >= 11 is 0. The van der Waals surface area contributed by atoms with Crippen molar-refractivity contribution in [1.82, 2.24) is 0 Å². The van der Waals surface area contributed by atoms with E-state index in [-0.39, 0.29) is 22.4 Å². The van der Waals surface area contributed by atoms with Crippen molar-refractivity contribution in [2.24, 2.45) is 0 Å². The lowest BCUT2D eigenvalue weighted by Gasteiger charge is -2.14. The second kappa shape index (κ2) is 4.67. The number of carboxylic acids is 1. The number of aromatic carboxylic acids is 1. The zero-order valence-electron chi connectivity index (χ0n) is 9.55. The summed E-state index contributed by atoms with van der Waals surface area (Å²) in [6.07, 6.45) is -5.06. The van der Waals surface area contributed by atoms with Crippen LogP contribution in [0.25, 0.3) is 0 Å². The summed E-state index contributed by atoms with van der Waals surface area (Å²) in [5.74, 6) is -3.59. The normalized spacial score (nSPS) is 11.2. The van der Waals surface area contributed by atoms with Crippen molar-refractivity contribution < 1.29 is 27.9 Å². The molecule has 0 radical (unpaired) electrons. The molecule has 1 aromatic carbocycles. The molecule has 1 amide bonds. The number of hydrogen-bond acceptors (Lipinski definition) is 2. The Morgan fingerprint density at radius 2 is 1.67 bits per heavy atom. The van der Waals surface area contributed by atoms with Gasteiger partial charge in [0.05, 0.1) is 11.3 Å². The van der Waals surface area contributed by atoms with Crippen molar-refractivity contribution in [3.63, 3.8) is 0 Å². The molecule has 0 saturated carbocycles. The van der Waals surface area contributed by atoms with Gasteiger partial charge in [-0.2, -0.15) is 13.2 Å². The van der Waals surface area contributed by atoms with Gasteiger partial charge in [0.25, 0.3) is 0 Å². The van der Waals surface area contributed by atoms with E-state index in [1.54, 1.807) is 5.32 Å². The van der Waals surface area contributed by atoms with Gasteiger partial charge in [-0.3, -0.25) is 4.79 Å². The van der Waals surface area contributed by atoms with Crippen LogP contribution in [-0.2, 0) is 4.79 Å². The molecule has 0 aliphatic carbocycles. The lowest BCUT2D eigenvalue weighted by atomic mass is 10.0. The second-order valence-corrected chi connectivity index (χ2v) is 3.71. The number of nitrogens with one attached hydrogen (secondary N) is 1. The van der Waals surface area contributed by atoms with Crippen LogP contribution >= 0.6 is 0 Å². The van der Waals surface area contributed by atoms with Gasteiger partial charge in [0.1, 0.15) is 0 Å². The SMILES string of the molecule is Cc1ccc(C)c(C(=O)O)c1NC(=O)C(F)(F)F. The number of hydrogen-bond donors (Lipinski definition) is 2. The van der Waals surface area contributed by atoms with Gasteiger partial charge in [-0.25, -0.2) is 4.79 Å². The van der Waals surface area contributed by atoms with Crippen molar-refractivity contribution in [1.29, 1.82) is 0 Å². The number of carbonyl (C=O) groups is 2. The minimum Gasteiger partial charge on any atom is -0.478 e. The van der Waals surface area contributed by atoms with Gasteiger partial charge in [-0.05, 0) is 25.0 Å². The van der Waals surface area contributed by atoms with E-state index in [4.69, 9.17) is 5.11 Å². The Balaban J connectivity index is 3.28. The number of halogens is 3. The average molecular weight is 261 g/mol. The highest BCUT2D eigenvalue weighted by molar-refractivity contribution is 6.04. The molecule has 0 spiro atoms. The lowest BCUT2D eigenvalue weighted by Crippen LogP contribution is -2.31. The van der Waals surface area contributed by atoms with E-state index in [1.807, 2.05) is 0 Å². The molecule has 7 heteroatoms. The van der Waals surface area contributed by atoms with E-state index >= 15 is 0 Å². The van der Waals surface area contributed by atoms with Crippen LogP contribution < -0.4 is 5.32 Å². The first-order valence-corrected chi connectivity index (χ1v) is 4.86. The summed E-state index contributed by atoms with van der Waals surface area (Å²) in [6, 6.07) is 2.90. The molecule has 0 aromatic heterocycles. The molecule has 0 unspecified atom stereocenters. The highest BCUT2D eigenvalue weighted by Crippen LogP contribution is 2.26. The molecule has 0 bridgehead atoms. The zero-order chi connectivity index (χ0) is 14.1. The Kier molecular flexibility index (Phi) is 3.64. The first-order valence-electron chi connectivity index (χ1n) is 4.86. The quantitative estimate of drug-likeness (QED) is 0.859. The highest BCUT2D eigenvalue weighted by Gasteiger charge is 2.39. The molecule has 1 rings (SSSR count). The Morgan fingerprint density at radius 1 is 1.17 bits per heavy atom. The molecule has 4 nitrogen and oxygen atoms in total. The van der Waals surface area contributed by atoms with Crippen LogP contribution in [0.4, 0.5) is 18.9 Å². The summed E-state index contributed by atoms with van der Waals surface area (Å²) in [4.78, 5) is 21.8. The minimum atomic E-state index is -5.06. The van der Waals surface area contributed by atoms with Crippen LogP contribution in [-0.4, -0.2) is 23.2 Å². The van der Waals surface area contributed by atoms with Gasteiger partial charge in [-0.15, -0.1) is 0 Å². The molecule has 1 aromatic rings. The fourth-order valence-electron chi connectivity index (χ4n) is 1.43. The minimum absolute atomic E-state index is 0.246. The fourth-order valence-corrected chi connectivity index (χ4v) is 1.43. The number of amides is 1. The standard InChI is InChI=1S/C11H10F3NO3/c1-5-3-4-6(2)8(7(5)9(16)17)15-10(18)11(12,13)14/h3-4H,1-2H3,(H,15,18)(H,16,17). The zero-order valence-corrected chi connectivity index (χ0v) is 9.55. The molecule has 0 aliphatic heterocycles. The fraction of sp³-hybridized carbons (Fsp3) is 0.273. The van der Waals surface area contributed by atoms with Crippen LogP contribution in [0.2, 0.25) is 0 Å². The van der Waals surface area contributed by atoms with Crippen molar-refractivity contribution in [3.8, 4) is 0 Å². The van der Waals surface area contributed by atoms with E-state index in [9.17, 15) is 22.8 Å². The maximum atomic E-state index is 12.1. The third kappa shape index (κ3) is 2.79. The first kappa shape index (κ1) is 14.0. The van der Waals surface area contributed by atoms with Crippen LogP contribution in [0.5, 0.6) is 0 Å². The largest absolute Gasteiger partial charge is 0.478 e. The molecule has 0 saturated heterocycles. The summed E-state index contributed by atoms with van der Waals surface area (Å²) < 4.78 is 36.4. The van der Waals surface area contributed by atoms with Gasteiger partial charge in [0.15, 0.2) is 0 Å². The number of benzene rings is 1. The topological polar surface area (TPSA) is 66.4 Å². The molecule has 98 valence electrons. The molecule has 18 heavy (non-hydrogen) atoms. The van der Waals surface area contributed by atoms with Crippen LogP contribution in [0.1, 0.15) is 21.5 Å². The predicted octanol–water partition coefficient (Wildman–Crippen LogP) is 2.50. The van der Waals surface area contributed by atoms with Crippen molar-refractivity contribution in [3.05, 3.63) is 28.8 Å². The van der Waals surface area contributed by atoms with Gasteiger partial charge >= 0.3 is 18.1 Å². The molecule has 0 atom stereocenters. The van der Waals surface area contributed by atoms with Crippen LogP contribution in [0.3, 0.4) is 0 Å². The monoisotopic (exact) mass is 261 g/mol. The molecule has 0 aliphatic rings. The summed E-state index contributed by atoms with van der Waals surface area (Å²) in [7, 11) is 0. The number of alkyl halides is 3. The molecule has 0 heterocycles. The Labute approximate surface area is 100 Å². The maximum Gasteiger partial charge on any atom is 0.471 e. The third-order valence-corrected chi connectivity index (χ3v) is 2.33. The van der Waals surface area contributed by atoms with Gasteiger partial charge in [-0.1, -0.05) is 12.1 Å². The van der Waals surface area contributed by atoms with E-state index < -0.39 is 18.1 Å². The van der Waals surface area contributed by atoms with Crippen molar-refractivity contribution in [2.45, 2.75) is 20.0 Å². The number of rotatable bonds is 2. The Bertz CT molecular complexity index is 509. The van der Waals surface area contributed by atoms with Gasteiger partial charge in [0.2, 0.25) is 0 Å². The number of carbonyl (C=O) groups excluding carboxylic acids is 1. The number of anilines is 1. The summed E-state index contributed by atoms with van der Waals surface area (Å²) in [5.41, 5.74) is -0.154. The van der Waals surface area contributed by atoms with Crippen LogP contribution in [0.15, 0.2) is 12.1 Å². The highest BCUT2D eigenvalue weighted by atomic mass is 19.4. The third-order valence-electron chi connectivity index (χ3n) is 2.33. The molecule has 2 N–H and O–H groups in total. The summed E-state index contributed by atoms with van der Waals surface area (Å²) in [5, 5.41) is 10.6. The Hall–Kier alpha value is -2.05. The van der Waals surface area contributed by atoms with Crippen LogP contribution in [0, 0.1) is 13.8 Å².